The van der Waals surface area contributed by atoms with E-state index in [1.807, 2.05) is 26.1 Å². The van der Waals surface area contributed by atoms with Crippen LogP contribution in [0.25, 0.3) is 16.9 Å². The number of nitriles is 1. The van der Waals surface area contributed by atoms with E-state index in [0.717, 1.165) is 22.5 Å². The molecule has 1 saturated carbocycles. The number of anilines is 1. The van der Waals surface area contributed by atoms with E-state index in [4.69, 9.17) is 5.26 Å². The molecule has 6 nitrogen and oxygen atoms in total. The van der Waals surface area contributed by atoms with Gasteiger partial charge in [-0.25, -0.2) is 9.97 Å². The first-order valence-electron chi connectivity index (χ1n) is 9.22. The molecule has 0 radical (unpaired) electrons. The third-order valence-corrected chi connectivity index (χ3v) is 4.56. The van der Waals surface area contributed by atoms with Gasteiger partial charge in [0.25, 0.3) is 0 Å². The second kappa shape index (κ2) is 7.96. The monoisotopic (exact) mass is 348 g/mol. The van der Waals surface area contributed by atoms with Crippen LogP contribution in [0.3, 0.4) is 0 Å². The highest BCUT2D eigenvalue weighted by Crippen LogP contribution is 2.26. The van der Waals surface area contributed by atoms with Crippen molar-refractivity contribution >= 4 is 16.7 Å². The maximum absolute atomic E-state index is 8.99. The molecule has 1 fully saturated rings. The molecule has 26 heavy (non-hydrogen) atoms. The van der Waals surface area contributed by atoms with Gasteiger partial charge in [0.1, 0.15) is 6.07 Å². The van der Waals surface area contributed by atoms with E-state index in [1.54, 1.807) is 23.1 Å². The second-order valence-electron chi connectivity index (χ2n) is 6.29. The van der Waals surface area contributed by atoms with Crippen molar-refractivity contribution in [2.45, 2.75) is 52.5 Å². The van der Waals surface area contributed by atoms with Crippen molar-refractivity contribution in [2.24, 2.45) is 0 Å². The number of nitrogens with zero attached hydrogens (tertiary/aromatic N) is 5. The van der Waals surface area contributed by atoms with E-state index >= 15 is 0 Å². The molecule has 0 aliphatic heterocycles. The number of hydrogen-bond acceptors (Lipinski definition) is 5. The first kappa shape index (κ1) is 17.9. The Morgan fingerprint density at radius 3 is 2.62 bits per heavy atom. The average Bonchev–Trinajstić information content (AvgIpc) is 3.34. The van der Waals surface area contributed by atoms with Crippen LogP contribution in [0.15, 0.2) is 30.7 Å². The summed E-state index contributed by atoms with van der Waals surface area (Å²) in [6.45, 7) is 6.06. The molecule has 0 atom stereocenters. The zero-order chi connectivity index (χ0) is 18.5. The predicted octanol–water partition coefficient (Wildman–Crippen LogP) is 4.38. The Morgan fingerprint density at radius 2 is 1.88 bits per heavy atom. The highest BCUT2D eigenvalue weighted by atomic mass is 15.3. The lowest BCUT2D eigenvalue weighted by Crippen LogP contribution is -2.16. The van der Waals surface area contributed by atoms with E-state index in [0.29, 0.717) is 17.3 Å². The molecule has 1 N–H and O–H groups in total. The van der Waals surface area contributed by atoms with Crippen LogP contribution in [0.1, 0.15) is 50.7 Å². The summed E-state index contributed by atoms with van der Waals surface area (Å²) in [5.41, 5.74) is 3.46. The number of pyridine rings is 2. The summed E-state index contributed by atoms with van der Waals surface area (Å²) in [4.78, 5) is 8.87. The van der Waals surface area contributed by atoms with Crippen molar-refractivity contribution in [3.8, 4) is 11.9 Å². The Morgan fingerprint density at radius 1 is 1.12 bits per heavy atom. The number of nitrogens with one attached hydrogen (secondary N) is 1. The maximum Gasteiger partial charge on any atom is 0.164 e. The van der Waals surface area contributed by atoms with E-state index in [9.17, 15) is 0 Å². The van der Waals surface area contributed by atoms with E-state index < -0.39 is 0 Å². The van der Waals surface area contributed by atoms with Gasteiger partial charge in [-0.1, -0.05) is 26.7 Å². The van der Waals surface area contributed by atoms with Crippen LogP contribution in [0.5, 0.6) is 0 Å². The van der Waals surface area contributed by atoms with Gasteiger partial charge >= 0.3 is 0 Å². The standard InChI is InChI=1S/C18H18N6.C2H6/c1-12-9-20-17(7-16(12)23-15-4-2-3-5-15)24-18-14(11-22-24)6-13(8-19)10-21-18;1-2/h6-7,9-11,15H,2-5H2,1H3,(H,20,23);1-2H3. The lowest BCUT2D eigenvalue weighted by molar-refractivity contribution is 0.753. The molecule has 1 aliphatic carbocycles. The lowest BCUT2D eigenvalue weighted by Gasteiger charge is -2.16. The minimum Gasteiger partial charge on any atom is -0.382 e. The Balaban J connectivity index is 0.000000948. The molecule has 0 spiro atoms. The SMILES string of the molecule is CC.Cc1cnc(-n2ncc3cc(C#N)cnc32)cc1NC1CCCC1. The highest BCUT2D eigenvalue weighted by molar-refractivity contribution is 5.77. The van der Waals surface area contributed by atoms with Crippen molar-refractivity contribution in [3.63, 3.8) is 0 Å². The van der Waals surface area contributed by atoms with Crippen LogP contribution in [0, 0.1) is 18.3 Å². The molecule has 1 aliphatic rings. The third kappa shape index (κ3) is 3.52. The molecule has 0 amide bonds. The van der Waals surface area contributed by atoms with Gasteiger partial charge in [-0.3, -0.25) is 0 Å². The first-order chi connectivity index (χ1) is 12.7. The molecular weight excluding hydrogens is 324 g/mol. The fourth-order valence-corrected chi connectivity index (χ4v) is 3.22. The summed E-state index contributed by atoms with van der Waals surface area (Å²) < 4.78 is 1.72. The van der Waals surface area contributed by atoms with Crippen LogP contribution in [0.2, 0.25) is 0 Å². The van der Waals surface area contributed by atoms with Crippen LogP contribution >= 0.6 is 0 Å². The molecule has 3 aromatic heterocycles. The van der Waals surface area contributed by atoms with Crippen molar-refractivity contribution < 1.29 is 0 Å². The van der Waals surface area contributed by atoms with Gasteiger partial charge in [-0.15, -0.1) is 0 Å². The Labute approximate surface area is 153 Å². The molecule has 0 aromatic carbocycles. The van der Waals surface area contributed by atoms with Crippen LogP contribution in [-0.4, -0.2) is 25.8 Å². The molecular formula is C20H24N6. The number of aryl methyl sites for hydroxylation is 1. The normalized spacial score (nSPS) is 13.9. The summed E-state index contributed by atoms with van der Waals surface area (Å²) in [5.74, 6) is 0.730. The summed E-state index contributed by atoms with van der Waals surface area (Å²) in [6.07, 6.45) is 10.2. The number of hydrogen-bond donors (Lipinski definition) is 1. The number of fused-ring (bicyclic) bond motifs is 1. The average molecular weight is 348 g/mol. The fourth-order valence-electron chi connectivity index (χ4n) is 3.22. The van der Waals surface area contributed by atoms with Gasteiger partial charge in [-0.2, -0.15) is 15.0 Å². The molecule has 134 valence electrons. The predicted molar refractivity (Wildman–Crippen MR) is 103 cm³/mol. The summed E-state index contributed by atoms with van der Waals surface area (Å²) in [6, 6.07) is 6.46. The van der Waals surface area contributed by atoms with Gasteiger partial charge in [0.15, 0.2) is 11.5 Å². The summed E-state index contributed by atoms with van der Waals surface area (Å²) >= 11 is 0. The molecule has 0 unspecified atom stereocenters. The van der Waals surface area contributed by atoms with Gasteiger partial charge in [-0.05, 0) is 31.4 Å². The molecule has 0 saturated heterocycles. The largest absolute Gasteiger partial charge is 0.382 e. The summed E-state index contributed by atoms with van der Waals surface area (Å²) in [5, 5.41) is 17.9. The molecule has 3 aromatic rings. The van der Waals surface area contributed by atoms with Crippen LogP contribution in [0.4, 0.5) is 5.69 Å². The molecule has 4 rings (SSSR count). The lowest BCUT2D eigenvalue weighted by atomic mass is 10.2. The van der Waals surface area contributed by atoms with E-state index in [1.165, 1.54) is 25.7 Å². The minimum absolute atomic E-state index is 0.530. The fraction of sp³-hybridized carbons (Fsp3) is 0.400. The molecule has 3 heterocycles. The highest BCUT2D eigenvalue weighted by Gasteiger charge is 2.16. The molecule has 6 heteroatoms. The first-order valence-corrected chi connectivity index (χ1v) is 9.22. The quantitative estimate of drug-likeness (QED) is 0.760. The second-order valence-corrected chi connectivity index (χ2v) is 6.29. The topological polar surface area (TPSA) is 79.4 Å². The number of aromatic nitrogens is 4. The van der Waals surface area contributed by atoms with Gasteiger partial charge in [0, 0.05) is 35.6 Å². The van der Waals surface area contributed by atoms with Crippen LogP contribution in [-0.2, 0) is 0 Å². The Hall–Kier alpha value is -2.94. The van der Waals surface area contributed by atoms with Crippen molar-refractivity contribution in [2.75, 3.05) is 5.32 Å². The Kier molecular flexibility index (Phi) is 5.47. The van der Waals surface area contributed by atoms with Gasteiger partial charge in [0.2, 0.25) is 0 Å². The smallest absolute Gasteiger partial charge is 0.164 e. The van der Waals surface area contributed by atoms with E-state index in [-0.39, 0.29) is 0 Å². The minimum atomic E-state index is 0.530. The maximum atomic E-state index is 8.99. The van der Waals surface area contributed by atoms with E-state index in [2.05, 4.69) is 33.4 Å². The van der Waals surface area contributed by atoms with Gasteiger partial charge in [0.05, 0.1) is 11.8 Å². The van der Waals surface area contributed by atoms with Gasteiger partial charge < -0.3 is 5.32 Å². The van der Waals surface area contributed by atoms with Crippen molar-refractivity contribution in [3.05, 3.63) is 41.9 Å². The van der Waals surface area contributed by atoms with Crippen LogP contribution < -0.4 is 5.32 Å². The molecule has 0 bridgehead atoms. The zero-order valence-electron chi connectivity index (χ0n) is 15.5. The van der Waals surface area contributed by atoms with Crippen molar-refractivity contribution in [1.82, 2.24) is 19.7 Å². The summed E-state index contributed by atoms with van der Waals surface area (Å²) in [7, 11) is 0. The van der Waals surface area contributed by atoms with Crippen molar-refractivity contribution in [1.29, 1.82) is 5.26 Å². The number of rotatable bonds is 3. The third-order valence-electron chi connectivity index (χ3n) is 4.56. The Bertz CT molecular complexity index is 931. The zero-order valence-corrected chi connectivity index (χ0v) is 15.5.